The van der Waals surface area contributed by atoms with Crippen LogP contribution in [-0.4, -0.2) is 43.3 Å². The molecule has 1 fully saturated rings. The molecule has 6 nitrogen and oxygen atoms in total. The highest BCUT2D eigenvalue weighted by atomic mass is 16.5. The predicted molar refractivity (Wildman–Crippen MR) is 94.1 cm³/mol. The highest BCUT2D eigenvalue weighted by Gasteiger charge is 2.28. The number of hydrogen-bond donors (Lipinski definition) is 0. The number of rotatable bonds is 4. The molecule has 136 valence electrons. The van der Waals surface area contributed by atoms with Crippen LogP contribution in [-0.2, 0) is 9.59 Å². The maximum absolute atomic E-state index is 12.5. The van der Waals surface area contributed by atoms with Gasteiger partial charge in [-0.3, -0.25) is 4.79 Å². The van der Waals surface area contributed by atoms with Gasteiger partial charge in [0.2, 0.25) is 0 Å². The molecule has 1 saturated heterocycles. The summed E-state index contributed by atoms with van der Waals surface area (Å²) in [6.07, 6.45) is 1.14. The molecule has 1 atom stereocenters. The summed E-state index contributed by atoms with van der Waals surface area (Å²) in [5, 5.41) is 0. The molecule has 6 heteroatoms. The molecule has 3 rings (SSSR count). The topological polar surface area (TPSA) is 72.9 Å². The van der Waals surface area contributed by atoms with E-state index in [1.165, 1.54) is 0 Å². The average Bonchev–Trinajstić information content (AvgIpc) is 3.11. The van der Waals surface area contributed by atoms with E-state index in [1.807, 2.05) is 60.4 Å². The largest absolute Gasteiger partial charge is 0.497 e. The molecule has 1 amide bonds. The van der Waals surface area contributed by atoms with Crippen molar-refractivity contribution in [3.63, 3.8) is 0 Å². The fraction of sp³-hybridized carbons (Fsp3) is 0.300. The average molecular weight is 355 g/mol. The Hall–Kier alpha value is -3.11. The first-order valence-electron chi connectivity index (χ1n) is 8.23. The van der Waals surface area contributed by atoms with Gasteiger partial charge in [-0.05, 0) is 43.3 Å². The zero-order valence-electron chi connectivity index (χ0n) is 14.8. The third-order valence-corrected chi connectivity index (χ3v) is 4.06. The van der Waals surface area contributed by atoms with Crippen molar-refractivity contribution >= 4 is 12.1 Å². The van der Waals surface area contributed by atoms with Crippen molar-refractivity contribution in [1.29, 1.82) is 0 Å². The van der Waals surface area contributed by atoms with Crippen molar-refractivity contribution in [1.82, 2.24) is 4.90 Å². The van der Waals surface area contributed by atoms with E-state index in [2.05, 4.69) is 0 Å². The molecule has 1 heterocycles. The maximum Gasteiger partial charge on any atom is 0.373 e. The van der Waals surface area contributed by atoms with E-state index in [-0.39, 0.29) is 18.2 Å². The van der Waals surface area contributed by atoms with Gasteiger partial charge in [-0.15, -0.1) is 0 Å². The first kappa shape index (κ1) is 19.2. The fourth-order valence-corrected chi connectivity index (χ4v) is 2.82. The Morgan fingerprint density at radius 2 is 1.77 bits per heavy atom. The van der Waals surface area contributed by atoms with E-state index in [1.54, 1.807) is 7.11 Å². The highest BCUT2D eigenvalue weighted by molar-refractivity contribution is 5.94. The third kappa shape index (κ3) is 5.19. The number of benzene rings is 2. The minimum absolute atomic E-state index is 0.0390. The van der Waals surface area contributed by atoms with Crippen molar-refractivity contribution in [3.05, 3.63) is 59.7 Å². The summed E-state index contributed by atoms with van der Waals surface area (Å²) in [7, 11) is 1.64. The maximum atomic E-state index is 12.5. The first-order chi connectivity index (χ1) is 12.6. The van der Waals surface area contributed by atoms with Crippen LogP contribution in [0.25, 0.3) is 0 Å². The second-order valence-corrected chi connectivity index (χ2v) is 5.91. The lowest BCUT2D eigenvalue weighted by Gasteiger charge is -2.17. The van der Waals surface area contributed by atoms with Gasteiger partial charge in [-0.25, -0.2) is 0 Å². The van der Waals surface area contributed by atoms with Gasteiger partial charge < -0.3 is 14.4 Å². The molecule has 2 aromatic rings. The molecule has 0 aliphatic carbocycles. The molecule has 0 spiro atoms. The second-order valence-electron chi connectivity index (χ2n) is 5.91. The van der Waals surface area contributed by atoms with Crippen LogP contribution in [0.15, 0.2) is 48.5 Å². The number of methoxy groups -OCH3 is 1. The van der Waals surface area contributed by atoms with E-state index >= 15 is 0 Å². The number of nitrogens with zero attached hydrogens (tertiary/aromatic N) is 1. The molecule has 1 aliphatic heterocycles. The molecule has 1 aliphatic rings. The Morgan fingerprint density at radius 1 is 1.12 bits per heavy atom. The molecular formula is C20H21NO5. The van der Waals surface area contributed by atoms with Crippen LogP contribution in [0.4, 0.5) is 0 Å². The van der Waals surface area contributed by atoms with Gasteiger partial charge in [0.25, 0.3) is 5.91 Å². The van der Waals surface area contributed by atoms with Crippen LogP contribution < -0.4 is 9.47 Å². The number of likely N-dealkylation sites (tertiary alicyclic amines) is 1. The lowest BCUT2D eigenvalue weighted by atomic mass is 10.1. The predicted octanol–water partition coefficient (Wildman–Crippen LogP) is 2.71. The van der Waals surface area contributed by atoms with E-state index in [9.17, 15) is 4.79 Å². The van der Waals surface area contributed by atoms with E-state index in [0.29, 0.717) is 6.54 Å². The molecular weight excluding hydrogens is 334 g/mol. The smallest absolute Gasteiger partial charge is 0.373 e. The Balaban J connectivity index is 0.000000758. The number of aryl methyl sites for hydroxylation is 1. The fourth-order valence-electron chi connectivity index (χ4n) is 2.82. The number of carbonyl (C=O) groups excluding carboxylic acids is 3. The highest BCUT2D eigenvalue weighted by Crippen LogP contribution is 2.22. The van der Waals surface area contributed by atoms with E-state index in [4.69, 9.17) is 19.1 Å². The number of hydrogen-bond acceptors (Lipinski definition) is 5. The zero-order chi connectivity index (χ0) is 18.9. The van der Waals surface area contributed by atoms with Crippen LogP contribution in [0.3, 0.4) is 0 Å². The Labute approximate surface area is 152 Å². The lowest BCUT2D eigenvalue weighted by molar-refractivity contribution is -0.191. The summed E-state index contributed by atoms with van der Waals surface area (Å²) >= 11 is 0. The number of amides is 1. The minimum Gasteiger partial charge on any atom is -0.497 e. The van der Waals surface area contributed by atoms with Crippen LogP contribution in [0.5, 0.6) is 11.5 Å². The molecule has 0 radical (unpaired) electrons. The summed E-state index contributed by atoms with van der Waals surface area (Å²) in [6, 6.07) is 15.3. The molecule has 26 heavy (non-hydrogen) atoms. The Morgan fingerprint density at radius 3 is 2.38 bits per heavy atom. The monoisotopic (exact) mass is 355 g/mol. The second kappa shape index (κ2) is 9.39. The van der Waals surface area contributed by atoms with Gasteiger partial charge in [0.1, 0.15) is 17.6 Å². The SMILES string of the molecule is COc1ccc(O[C@@H]2CCN(C(=O)c3cccc(C)c3)C2)cc1.O=C=O. The standard InChI is InChI=1S/C19H21NO3.CO2/c1-14-4-3-5-15(12-14)19(21)20-11-10-18(13-20)23-17-8-6-16(22-2)7-9-17;2-1-3/h3-9,12,18H,10-11,13H2,1-2H3;/t18-;/m1./s1. The van der Waals surface area contributed by atoms with Gasteiger partial charge in [-0.2, -0.15) is 9.59 Å². The van der Waals surface area contributed by atoms with Crippen molar-refractivity contribution in [2.45, 2.75) is 19.4 Å². The van der Waals surface area contributed by atoms with E-state index < -0.39 is 0 Å². The molecule has 0 aromatic heterocycles. The van der Waals surface area contributed by atoms with Crippen LogP contribution in [0.1, 0.15) is 22.3 Å². The number of ether oxygens (including phenoxy) is 2. The van der Waals surface area contributed by atoms with Crippen molar-refractivity contribution in [3.8, 4) is 11.5 Å². The summed E-state index contributed by atoms with van der Waals surface area (Å²) in [5.74, 6) is 1.69. The molecule has 2 aromatic carbocycles. The van der Waals surface area contributed by atoms with Crippen LogP contribution in [0, 0.1) is 6.92 Å². The van der Waals surface area contributed by atoms with E-state index in [0.717, 1.165) is 35.6 Å². The minimum atomic E-state index is 0.0390. The van der Waals surface area contributed by atoms with Gasteiger partial charge in [0.05, 0.1) is 13.7 Å². The Bertz CT molecular complexity index is 766. The summed E-state index contributed by atoms with van der Waals surface area (Å²) in [4.78, 5) is 30.6. The number of carbonyl (C=O) groups is 1. The van der Waals surface area contributed by atoms with Crippen molar-refractivity contribution < 1.29 is 23.9 Å². The summed E-state index contributed by atoms with van der Waals surface area (Å²) < 4.78 is 11.1. The van der Waals surface area contributed by atoms with Gasteiger partial charge in [0.15, 0.2) is 0 Å². The summed E-state index contributed by atoms with van der Waals surface area (Å²) in [5.41, 5.74) is 1.84. The van der Waals surface area contributed by atoms with Gasteiger partial charge >= 0.3 is 6.15 Å². The Kier molecular flexibility index (Phi) is 6.94. The van der Waals surface area contributed by atoms with Crippen LogP contribution in [0.2, 0.25) is 0 Å². The molecule has 0 bridgehead atoms. The molecule has 0 unspecified atom stereocenters. The third-order valence-electron chi connectivity index (χ3n) is 4.06. The van der Waals surface area contributed by atoms with Gasteiger partial charge in [-0.1, -0.05) is 17.7 Å². The first-order valence-corrected chi connectivity index (χ1v) is 8.23. The quantitative estimate of drug-likeness (QED) is 0.843. The lowest BCUT2D eigenvalue weighted by Crippen LogP contribution is -2.30. The summed E-state index contributed by atoms with van der Waals surface area (Å²) in [6.45, 7) is 3.35. The van der Waals surface area contributed by atoms with Crippen molar-refractivity contribution in [2.24, 2.45) is 0 Å². The van der Waals surface area contributed by atoms with Crippen molar-refractivity contribution in [2.75, 3.05) is 20.2 Å². The normalized spacial score (nSPS) is 15.5. The van der Waals surface area contributed by atoms with Crippen LogP contribution >= 0.6 is 0 Å². The molecule has 0 saturated carbocycles. The van der Waals surface area contributed by atoms with Gasteiger partial charge in [0, 0.05) is 18.5 Å². The zero-order valence-corrected chi connectivity index (χ0v) is 14.8. The molecule has 0 N–H and O–H groups in total.